The summed E-state index contributed by atoms with van der Waals surface area (Å²) in [5.41, 5.74) is 0.236. The van der Waals surface area contributed by atoms with E-state index in [0.717, 1.165) is 10.9 Å². The third-order valence-electron chi connectivity index (χ3n) is 3.57. The molecule has 0 amide bonds. The van der Waals surface area contributed by atoms with Gasteiger partial charge in [-0.1, -0.05) is 23.9 Å². The minimum atomic E-state index is -1.17. The number of rotatable bonds is 3. The Morgan fingerprint density at radius 3 is 2.77 bits per heavy atom. The van der Waals surface area contributed by atoms with E-state index in [0.29, 0.717) is 17.9 Å². The summed E-state index contributed by atoms with van der Waals surface area (Å²) in [5.74, 6) is 0.135. The molecule has 1 aromatic carbocycles. The van der Waals surface area contributed by atoms with Crippen molar-refractivity contribution in [2.24, 2.45) is 4.99 Å². The van der Waals surface area contributed by atoms with Gasteiger partial charge in [0.25, 0.3) is 0 Å². The van der Waals surface area contributed by atoms with Gasteiger partial charge in [0.05, 0.1) is 17.6 Å². The highest BCUT2D eigenvalue weighted by molar-refractivity contribution is 8.14. The van der Waals surface area contributed by atoms with E-state index in [4.69, 9.17) is 0 Å². The van der Waals surface area contributed by atoms with E-state index < -0.39 is 5.72 Å². The molecule has 1 aromatic heterocycles. The average Bonchev–Trinajstić information content (AvgIpc) is 2.86. The van der Waals surface area contributed by atoms with Crippen molar-refractivity contribution >= 4 is 22.6 Å². The van der Waals surface area contributed by atoms with E-state index in [9.17, 15) is 9.50 Å². The number of benzene rings is 1. The van der Waals surface area contributed by atoms with Crippen LogP contribution >= 0.6 is 11.8 Å². The van der Waals surface area contributed by atoms with Gasteiger partial charge in [-0.25, -0.2) is 9.38 Å². The molecule has 22 heavy (non-hydrogen) atoms. The number of aliphatic imine (C=N–C) groups is 1. The van der Waals surface area contributed by atoms with Gasteiger partial charge in [-0.3, -0.25) is 4.98 Å². The van der Waals surface area contributed by atoms with E-state index in [1.807, 2.05) is 24.0 Å². The van der Waals surface area contributed by atoms with E-state index >= 15 is 0 Å². The molecule has 0 bridgehead atoms. The van der Waals surface area contributed by atoms with Gasteiger partial charge in [-0.05, 0) is 31.2 Å². The third-order valence-corrected chi connectivity index (χ3v) is 4.69. The summed E-state index contributed by atoms with van der Waals surface area (Å²) in [4.78, 5) is 10.4. The Balaban J connectivity index is 1.95. The molecule has 1 aliphatic rings. The average molecular weight is 317 g/mol. The number of aromatic nitrogens is 1. The Morgan fingerprint density at radius 2 is 2.14 bits per heavy atom. The molecule has 4 nitrogen and oxygen atoms in total. The van der Waals surface area contributed by atoms with E-state index in [1.54, 1.807) is 24.5 Å². The van der Waals surface area contributed by atoms with Crippen molar-refractivity contribution < 1.29 is 9.50 Å². The van der Waals surface area contributed by atoms with Crippen LogP contribution in [0.5, 0.6) is 0 Å². The molecule has 0 saturated carbocycles. The second-order valence-corrected chi connectivity index (χ2v) is 5.90. The first kappa shape index (κ1) is 15.0. The summed E-state index contributed by atoms with van der Waals surface area (Å²) in [6.45, 7) is 2.55. The zero-order valence-electron chi connectivity index (χ0n) is 12.1. The Hall–Kier alpha value is -1.92. The topological polar surface area (TPSA) is 48.7 Å². The first-order valence-corrected chi connectivity index (χ1v) is 7.99. The molecule has 6 heteroatoms. The van der Waals surface area contributed by atoms with E-state index in [2.05, 4.69) is 9.98 Å². The quantitative estimate of drug-likeness (QED) is 0.945. The second kappa shape index (κ2) is 6.06. The molecule has 0 aliphatic carbocycles. The summed E-state index contributed by atoms with van der Waals surface area (Å²) in [6.07, 6.45) is 3.37. The second-order valence-electron chi connectivity index (χ2n) is 4.96. The largest absolute Gasteiger partial charge is 0.366 e. The minimum absolute atomic E-state index is 0.315. The minimum Gasteiger partial charge on any atom is -0.366 e. The van der Waals surface area contributed by atoms with Gasteiger partial charge in [0.2, 0.25) is 0 Å². The smallest absolute Gasteiger partial charge is 0.175 e. The van der Waals surface area contributed by atoms with Crippen LogP contribution in [0.25, 0.3) is 0 Å². The molecule has 1 fully saturated rings. The molecule has 0 radical (unpaired) electrons. The highest BCUT2D eigenvalue weighted by atomic mass is 32.2. The summed E-state index contributed by atoms with van der Waals surface area (Å²) < 4.78 is 13.1. The fourth-order valence-electron chi connectivity index (χ4n) is 2.46. The van der Waals surface area contributed by atoms with Gasteiger partial charge in [0, 0.05) is 18.3 Å². The fourth-order valence-corrected chi connectivity index (χ4v) is 3.71. The van der Waals surface area contributed by atoms with Crippen molar-refractivity contribution in [1.82, 2.24) is 9.88 Å². The lowest BCUT2D eigenvalue weighted by atomic mass is 10.0. The maximum Gasteiger partial charge on any atom is 0.175 e. The van der Waals surface area contributed by atoms with Gasteiger partial charge in [0.1, 0.15) is 5.82 Å². The number of nitrogens with zero attached hydrogens (tertiary/aromatic N) is 3. The molecule has 1 N–H and O–H groups in total. The van der Waals surface area contributed by atoms with Crippen LogP contribution in [0, 0.1) is 5.82 Å². The number of halogens is 1. The highest BCUT2D eigenvalue weighted by Gasteiger charge is 2.43. The normalized spacial score (nSPS) is 23.2. The molecule has 2 heterocycles. The molecule has 1 unspecified atom stereocenters. The van der Waals surface area contributed by atoms with Crippen molar-refractivity contribution in [1.29, 1.82) is 0 Å². The first-order valence-electron chi connectivity index (χ1n) is 7.01. The molecule has 114 valence electrons. The SMILES string of the molecule is CCN1C(=Nc2cccnc2)SCC1(O)c1ccc(F)cc1. The van der Waals surface area contributed by atoms with Crippen LogP contribution in [0.3, 0.4) is 0 Å². The van der Waals surface area contributed by atoms with Crippen molar-refractivity contribution in [2.45, 2.75) is 12.6 Å². The van der Waals surface area contributed by atoms with Crippen molar-refractivity contribution in [3.8, 4) is 0 Å². The molecular formula is C16H16FN3OS. The van der Waals surface area contributed by atoms with Crippen LogP contribution < -0.4 is 0 Å². The van der Waals surface area contributed by atoms with Crippen LogP contribution in [0.4, 0.5) is 10.1 Å². The zero-order valence-corrected chi connectivity index (χ0v) is 12.9. The summed E-state index contributed by atoms with van der Waals surface area (Å²) in [7, 11) is 0. The standard InChI is InChI=1S/C16H16FN3OS/c1-2-20-15(19-14-4-3-9-18-10-14)22-11-16(20,21)12-5-7-13(17)8-6-12/h3-10,21H,2,11H2,1H3. The van der Waals surface area contributed by atoms with Crippen LogP contribution in [0.15, 0.2) is 53.8 Å². The Bertz CT molecular complexity index is 678. The number of amidine groups is 1. The van der Waals surface area contributed by atoms with Gasteiger partial charge in [-0.15, -0.1) is 0 Å². The Labute approximate surface area is 132 Å². The van der Waals surface area contributed by atoms with Crippen molar-refractivity contribution in [3.63, 3.8) is 0 Å². The molecule has 1 aliphatic heterocycles. The molecule has 1 saturated heterocycles. The van der Waals surface area contributed by atoms with Gasteiger partial charge >= 0.3 is 0 Å². The summed E-state index contributed by atoms with van der Waals surface area (Å²) in [5, 5.41) is 11.8. The van der Waals surface area contributed by atoms with Crippen LogP contribution in [0.1, 0.15) is 12.5 Å². The predicted octanol–water partition coefficient (Wildman–Crippen LogP) is 3.12. The molecule has 2 aromatic rings. The molecular weight excluding hydrogens is 301 g/mol. The van der Waals surface area contributed by atoms with Gasteiger partial charge in [-0.2, -0.15) is 0 Å². The monoisotopic (exact) mass is 317 g/mol. The fraction of sp³-hybridized carbons (Fsp3) is 0.250. The number of hydrogen-bond acceptors (Lipinski definition) is 4. The lowest BCUT2D eigenvalue weighted by Crippen LogP contribution is -2.44. The van der Waals surface area contributed by atoms with E-state index in [1.165, 1.54) is 23.9 Å². The maximum absolute atomic E-state index is 13.1. The number of pyridine rings is 1. The van der Waals surface area contributed by atoms with Crippen molar-refractivity contribution in [2.75, 3.05) is 12.3 Å². The highest BCUT2D eigenvalue weighted by Crippen LogP contribution is 2.39. The molecule has 1 atom stereocenters. The Morgan fingerprint density at radius 1 is 1.36 bits per heavy atom. The molecule has 0 spiro atoms. The zero-order chi connectivity index (χ0) is 15.6. The van der Waals surface area contributed by atoms with Crippen molar-refractivity contribution in [3.05, 3.63) is 60.2 Å². The Kier molecular flexibility index (Phi) is 4.13. The van der Waals surface area contributed by atoms with Crippen LogP contribution in [0.2, 0.25) is 0 Å². The molecule has 3 rings (SSSR count). The van der Waals surface area contributed by atoms with E-state index in [-0.39, 0.29) is 5.82 Å². The predicted molar refractivity (Wildman–Crippen MR) is 86.5 cm³/mol. The van der Waals surface area contributed by atoms with Gasteiger partial charge < -0.3 is 10.0 Å². The number of hydrogen-bond donors (Lipinski definition) is 1. The maximum atomic E-state index is 13.1. The van der Waals surface area contributed by atoms with Gasteiger partial charge in [0.15, 0.2) is 10.9 Å². The lowest BCUT2D eigenvalue weighted by Gasteiger charge is -2.33. The summed E-state index contributed by atoms with van der Waals surface area (Å²) >= 11 is 1.48. The van der Waals surface area contributed by atoms with Crippen LogP contribution in [-0.4, -0.2) is 32.5 Å². The first-order chi connectivity index (χ1) is 10.6. The third kappa shape index (κ3) is 2.71. The van der Waals surface area contributed by atoms with Crippen LogP contribution in [-0.2, 0) is 5.72 Å². The number of aliphatic hydroxyl groups is 1. The summed E-state index contributed by atoms with van der Waals surface area (Å²) in [6, 6.07) is 9.65. The lowest BCUT2D eigenvalue weighted by molar-refractivity contribution is -0.0452. The number of thioether (sulfide) groups is 1.